The Labute approximate surface area is 312 Å². The van der Waals surface area contributed by atoms with Crippen molar-refractivity contribution in [1.82, 2.24) is 0 Å². The highest BCUT2D eigenvalue weighted by atomic mass is 16.5. The van der Waals surface area contributed by atoms with E-state index in [1.165, 1.54) is 154 Å². The molecule has 0 spiro atoms. The summed E-state index contributed by atoms with van der Waals surface area (Å²) >= 11 is 0. The molecule has 0 bridgehead atoms. The van der Waals surface area contributed by atoms with Crippen LogP contribution in [0.3, 0.4) is 0 Å². The van der Waals surface area contributed by atoms with Crippen molar-refractivity contribution >= 4 is 5.97 Å². The molecule has 50 heavy (non-hydrogen) atoms. The summed E-state index contributed by atoms with van der Waals surface area (Å²) in [5.74, 6) is 5.51. The Bertz CT molecular complexity index is 996. The molecule has 0 saturated heterocycles. The smallest absolute Gasteiger partial charge is 0.309 e. The first-order chi connectivity index (χ1) is 24.1. The predicted molar refractivity (Wildman–Crippen MR) is 216 cm³/mol. The first-order valence-corrected chi connectivity index (χ1v) is 23.0. The molecule has 0 N–H and O–H groups in total. The van der Waals surface area contributed by atoms with E-state index in [1.54, 1.807) is 5.57 Å². The number of rotatable bonds is 24. The lowest BCUT2D eigenvalue weighted by Gasteiger charge is -2.58. The molecule has 2 heteroatoms. The van der Waals surface area contributed by atoms with Crippen molar-refractivity contribution in [3.05, 3.63) is 11.6 Å². The molecule has 4 rings (SSSR count). The molecular weight excluding hydrogens is 609 g/mol. The van der Waals surface area contributed by atoms with Crippen molar-refractivity contribution in [3.63, 3.8) is 0 Å². The maximum absolute atomic E-state index is 13.8. The Kier molecular flexibility index (Phi) is 17.8. The van der Waals surface area contributed by atoms with Crippen LogP contribution in [0.15, 0.2) is 11.6 Å². The third-order valence-electron chi connectivity index (χ3n) is 15.4. The van der Waals surface area contributed by atoms with E-state index in [4.69, 9.17) is 4.74 Å². The third kappa shape index (κ3) is 11.4. The minimum atomic E-state index is 0.102. The zero-order valence-electron chi connectivity index (χ0n) is 34.8. The molecule has 0 amide bonds. The van der Waals surface area contributed by atoms with Crippen LogP contribution in [0.5, 0.6) is 0 Å². The van der Waals surface area contributed by atoms with Gasteiger partial charge in [0.1, 0.15) is 6.10 Å². The van der Waals surface area contributed by atoms with E-state index in [0.29, 0.717) is 10.8 Å². The van der Waals surface area contributed by atoms with Gasteiger partial charge in [0.15, 0.2) is 0 Å². The molecule has 1 unspecified atom stereocenters. The number of esters is 1. The van der Waals surface area contributed by atoms with Crippen molar-refractivity contribution < 1.29 is 9.53 Å². The van der Waals surface area contributed by atoms with Crippen LogP contribution in [-0.4, -0.2) is 12.1 Å². The summed E-state index contributed by atoms with van der Waals surface area (Å²) in [6.45, 7) is 17.3. The molecule has 0 aromatic rings. The molecule has 0 aliphatic heterocycles. The van der Waals surface area contributed by atoms with Gasteiger partial charge in [0, 0.05) is 6.42 Å². The highest BCUT2D eigenvalue weighted by Crippen LogP contribution is 2.67. The molecule has 3 fully saturated rings. The first kappa shape index (κ1) is 42.0. The van der Waals surface area contributed by atoms with Crippen molar-refractivity contribution in [3.8, 4) is 0 Å². The Morgan fingerprint density at radius 3 is 1.90 bits per heavy atom. The van der Waals surface area contributed by atoms with Crippen LogP contribution in [0.25, 0.3) is 0 Å². The summed E-state index contributed by atoms with van der Waals surface area (Å²) in [6, 6.07) is 0. The Hall–Kier alpha value is -0.790. The summed E-state index contributed by atoms with van der Waals surface area (Å²) < 4.78 is 6.51. The lowest BCUT2D eigenvalue weighted by Crippen LogP contribution is -2.51. The Balaban J connectivity index is 1.29. The van der Waals surface area contributed by atoms with E-state index < -0.39 is 0 Å². The summed E-state index contributed by atoms with van der Waals surface area (Å²) in [4.78, 5) is 13.8. The number of ether oxygens (including phenoxy) is 1. The zero-order valence-corrected chi connectivity index (χ0v) is 34.8. The van der Waals surface area contributed by atoms with Crippen LogP contribution in [0.4, 0.5) is 0 Å². The number of fused-ring (bicyclic) bond motifs is 5. The summed E-state index contributed by atoms with van der Waals surface area (Å²) in [5, 5.41) is 0. The van der Waals surface area contributed by atoms with Crippen LogP contribution in [0.2, 0.25) is 0 Å². The third-order valence-corrected chi connectivity index (χ3v) is 15.4. The normalized spacial score (nSPS) is 31.8. The van der Waals surface area contributed by atoms with Crippen molar-refractivity contribution in [2.45, 2.75) is 234 Å². The fourth-order valence-electron chi connectivity index (χ4n) is 12.3. The fraction of sp³-hybridized carbons (Fsp3) is 0.938. The van der Waals surface area contributed by atoms with Crippen LogP contribution in [0, 0.1) is 52.3 Å². The van der Waals surface area contributed by atoms with E-state index >= 15 is 0 Å². The van der Waals surface area contributed by atoms with Gasteiger partial charge in [-0.2, -0.15) is 0 Å². The predicted octanol–water partition coefficient (Wildman–Crippen LogP) is 15.2. The second-order valence-corrected chi connectivity index (χ2v) is 19.5. The molecule has 3 saturated carbocycles. The quantitative estimate of drug-likeness (QED) is 0.0571. The molecule has 4 aliphatic carbocycles. The molecule has 0 aromatic heterocycles. The highest BCUT2D eigenvalue weighted by molar-refractivity contribution is 5.72. The van der Waals surface area contributed by atoms with Crippen LogP contribution < -0.4 is 0 Å². The van der Waals surface area contributed by atoms with Gasteiger partial charge in [-0.25, -0.2) is 0 Å². The molecular formula is C48H86O2. The molecule has 4 aliphatic rings. The Morgan fingerprint density at radius 2 is 1.30 bits per heavy atom. The zero-order chi connectivity index (χ0) is 36.0. The average Bonchev–Trinajstić information content (AvgIpc) is 3.45. The number of allylic oxidation sites excluding steroid dienone is 1. The molecule has 0 aromatic carbocycles. The van der Waals surface area contributed by atoms with Gasteiger partial charge in [0.05, 0.1) is 5.92 Å². The molecule has 9 atom stereocenters. The molecule has 0 heterocycles. The SMILES string of the molecule is CCCCCCCCCCCC(CCCCCCCC)C(=O)O[C@H]1CC[C@@]2(C)C(=CC[C@H]3[C@@H]4CC[C@H]([C@H](C)CCCC(C)C)[C@@]4(C)CC[C@@H]32)C1. The van der Waals surface area contributed by atoms with Gasteiger partial charge in [0.25, 0.3) is 0 Å². The minimum absolute atomic E-state index is 0.102. The van der Waals surface area contributed by atoms with E-state index in [0.717, 1.165) is 61.2 Å². The average molecular weight is 695 g/mol. The number of carbonyl (C=O) groups excluding carboxylic acids is 1. The van der Waals surface area contributed by atoms with Crippen LogP contribution in [0.1, 0.15) is 228 Å². The number of hydrogen-bond acceptors (Lipinski definition) is 2. The van der Waals surface area contributed by atoms with Crippen molar-refractivity contribution in [1.29, 1.82) is 0 Å². The second-order valence-electron chi connectivity index (χ2n) is 19.5. The second kappa shape index (κ2) is 21.2. The van der Waals surface area contributed by atoms with Gasteiger partial charge in [0.2, 0.25) is 0 Å². The Morgan fingerprint density at radius 1 is 0.700 bits per heavy atom. The summed E-state index contributed by atoms with van der Waals surface area (Å²) in [5.41, 5.74) is 2.53. The van der Waals surface area contributed by atoms with Gasteiger partial charge < -0.3 is 4.74 Å². The highest BCUT2D eigenvalue weighted by Gasteiger charge is 2.59. The number of unbranched alkanes of at least 4 members (excludes halogenated alkanes) is 13. The molecule has 0 radical (unpaired) electrons. The van der Waals surface area contributed by atoms with Gasteiger partial charge in [-0.3, -0.25) is 4.79 Å². The van der Waals surface area contributed by atoms with Gasteiger partial charge in [-0.1, -0.05) is 176 Å². The van der Waals surface area contributed by atoms with E-state index in [2.05, 4.69) is 54.5 Å². The summed E-state index contributed by atoms with van der Waals surface area (Å²) in [7, 11) is 0. The minimum Gasteiger partial charge on any atom is -0.462 e. The van der Waals surface area contributed by atoms with E-state index in [9.17, 15) is 4.79 Å². The van der Waals surface area contributed by atoms with Crippen molar-refractivity contribution in [2.75, 3.05) is 0 Å². The van der Waals surface area contributed by atoms with E-state index in [-0.39, 0.29) is 18.0 Å². The van der Waals surface area contributed by atoms with Gasteiger partial charge in [-0.15, -0.1) is 0 Å². The largest absolute Gasteiger partial charge is 0.462 e. The monoisotopic (exact) mass is 695 g/mol. The number of carbonyl (C=O) groups is 1. The standard InChI is InChI=1S/C48H86O2/c1-8-10-12-14-16-17-18-20-22-27-39(26-21-19-15-13-11-9-2)46(49)50-41-32-34-47(6)40(36-41)28-29-42-44-31-30-43(38(5)25-23-24-37(3)4)48(44,7)35-33-45(42)47/h28,37-39,41-45H,8-27,29-36H2,1-7H3/t38-,39?,41+,42+,43-,44+,45+,47+,48-/m1/s1. The van der Waals surface area contributed by atoms with Crippen molar-refractivity contribution in [2.24, 2.45) is 52.3 Å². The maximum Gasteiger partial charge on any atom is 0.309 e. The topological polar surface area (TPSA) is 26.3 Å². The lowest BCUT2D eigenvalue weighted by atomic mass is 9.47. The fourth-order valence-corrected chi connectivity index (χ4v) is 12.3. The number of hydrogen-bond donors (Lipinski definition) is 0. The summed E-state index contributed by atoms with van der Waals surface area (Å²) in [6.07, 6.45) is 39.3. The van der Waals surface area contributed by atoms with Crippen LogP contribution in [-0.2, 0) is 9.53 Å². The molecule has 290 valence electrons. The van der Waals surface area contributed by atoms with Gasteiger partial charge >= 0.3 is 5.97 Å². The maximum atomic E-state index is 13.8. The molecule has 2 nitrogen and oxygen atoms in total. The van der Waals surface area contributed by atoms with E-state index in [1.807, 2.05) is 0 Å². The first-order valence-electron chi connectivity index (χ1n) is 23.0. The lowest BCUT2D eigenvalue weighted by molar-refractivity contribution is -0.157. The van der Waals surface area contributed by atoms with Crippen LogP contribution >= 0.6 is 0 Å². The van der Waals surface area contributed by atoms with Gasteiger partial charge in [-0.05, 0) is 104 Å².